The van der Waals surface area contributed by atoms with Crippen molar-refractivity contribution in [2.75, 3.05) is 13.2 Å². The van der Waals surface area contributed by atoms with Crippen LogP contribution in [0.1, 0.15) is 32.3 Å². The molecule has 1 aromatic carbocycles. The predicted molar refractivity (Wildman–Crippen MR) is 71.1 cm³/mol. The molecule has 4 nitrogen and oxygen atoms in total. The van der Waals surface area contributed by atoms with Crippen molar-refractivity contribution in [1.29, 1.82) is 0 Å². The molecule has 0 bridgehead atoms. The Balaban J connectivity index is 2.40. The molecule has 0 amide bonds. The third-order valence-electron chi connectivity index (χ3n) is 3.62. The van der Waals surface area contributed by atoms with Crippen LogP contribution in [0.15, 0.2) is 24.3 Å². The van der Waals surface area contributed by atoms with E-state index in [2.05, 4.69) is 0 Å². The van der Waals surface area contributed by atoms with Gasteiger partial charge in [-0.15, -0.1) is 0 Å². The van der Waals surface area contributed by atoms with Gasteiger partial charge in [-0.1, -0.05) is 25.1 Å². The average molecular weight is 264 g/mol. The highest BCUT2D eigenvalue weighted by Crippen LogP contribution is 2.43. The average Bonchev–Trinajstić information content (AvgIpc) is 2.38. The normalized spacial score (nSPS) is 24.8. The van der Waals surface area contributed by atoms with E-state index in [0.29, 0.717) is 6.61 Å². The quantitative estimate of drug-likeness (QED) is 0.850. The number of carbonyl (C=O) groups is 1. The lowest BCUT2D eigenvalue weighted by atomic mass is 9.74. The summed E-state index contributed by atoms with van der Waals surface area (Å²) in [5.74, 6) is -0.135. The number of aliphatic hydroxyl groups is 1. The highest BCUT2D eigenvalue weighted by Gasteiger charge is 2.47. The Hall–Kier alpha value is -1.55. The van der Waals surface area contributed by atoms with E-state index >= 15 is 0 Å². The molecule has 0 saturated carbocycles. The van der Waals surface area contributed by atoms with Crippen molar-refractivity contribution in [3.63, 3.8) is 0 Å². The Kier molecular flexibility index (Phi) is 3.80. The smallest absolute Gasteiger partial charge is 0.338 e. The standard InChI is InChI=1S/C15H20O4/c1-4-18-14(16)15(3,17)13-10(2)9-19-12-8-6-5-7-11(12)13/h5-8,10,13,17H,4,9H2,1-3H3. The molecule has 104 valence electrons. The van der Waals surface area contributed by atoms with Crippen molar-refractivity contribution >= 4 is 5.97 Å². The molecule has 1 aliphatic heterocycles. The van der Waals surface area contributed by atoms with Crippen molar-refractivity contribution in [3.8, 4) is 5.75 Å². The first-order chi connectivity index (χ1) is 8.98. The number of fused-ring (bicyclic) bond motifs is 1. The minimum atomic E-state index is -1.55. The van der Waals surface area contributed by atoms with Gasteiger partial charge < -0.3 is 14.6 Å². The molecule has 1 heterocycles. The number of ether oxygens (including phenoxy) is 2. The number of hydrogen-bond acceptors (Lipinski definition) is 4. The van der Waals surface area contributed by atoms with E-state index < -0.39 is 11.6 Å². The van der Waals surface area contributed by atoms with Gasteiger partial charge in [-0.2, -0.15) is 0 Å². The zero-order chi connectivity index (χ0) is 14.0. The van der Waals surface area contributed by atoms with E-state index in [1.54, 1.807) is 6.92 Å². The van der Waals surface area contributed by atoms with E-state index in [4.69, 9.17) is 9.47 Å². The summed E-state index contributed by atoms with van der Waals surface area (Å²) in [7, 11) is 0. The monoisotopic (exact) mass is 264 g/mol. The van der Waals surface area contributed by atoms with Crippen LogP contribution in [0.2, 0.25) is 0 Å². The first-order valence-electron chi connectivity index (χ1n) is 6.59. The topological polar surface area (TPSA) is 55.8 Å². The van der Waals surface area contributed by atoms with Crippen LogP contribution in [0.4, 0.5) is 0 Å². The number of hydrogen-bond donors (Lipinski definition) is 1. The Morgan fingerprint density at radius 2 is 2.21 bits per heavy atom. The van der Waals surface area contributed by atoms with E-state index in [0.717, 1.165) is 11.3 Å². The van der Waals surface area contributed by atoms with Gasteiger partial charge in [0, 0.05) is 17.4 Å². The van der Waals surface area contributed by atoms with Crippen LogP contribution in [0, 0.1) is 5.92 Å². The van der Waals surface area contributed by atoms with Crippen LogP contribution in [0.3, 0.4) is 0 Å². The minimum absolute atomic E-state index is 0.0364. The SMILES string of the molecule is CCOC(=O)C(C)(O)C1c2ccccc2OCC1C. The summed E-state index contributed by atoms with van der Waals surface area (Å²) in [6.45, 7) is 5.96. The first kappa shape index (κ1) is 13.9. The maximum Gasteiger partial charge on any atom is 0.338 e. The molecule has 0 fully saturated rings. The van der Waals surface area contributed by atoms with Gasteiger partial charge in [0.05, 0.1) is 13.2 Å². The van der Waals surface area contributed by atoms with Crippen molar-refractivity contribution in [2.45, 2.75) is 32.3 Å². The molecule has 1 N–H and O–H groups in total. The molecule has 3 atom stereocenters. The molecule has 1 aromatic rings. The second kappa shape index (κ2) is 5.21. The molecule has 0 aliphatic carbocycles. The molecule has 4 heteroatoms. The third kappa shape index (κ3) is 2.45. The Labute approximate surface area is 113 Å². The zero-order valence-corrected chi connectivity index (χ0v) is 11.6. The van der Waals surface area contributed by atoms with Crippen molar-refractivity contribution in [1.82, 2.24) is 0 Å². The van der Waals surface area contributed by atoms with Crippen molar-refractivity contribution < 1.29 is 19.4 Å². The molecule has 0 radical (unpaired) electrons. The van der Waals surface area contributed by atoms with E-state index in [1.165, 1.54) is 6.92 Å². The number of rotatable bonds is 3. The van der Waals surface area contributed by atoms with Crippen molar-refractivity contribution in [2.24, 2.45) is 5.92 Å². The van der Waals surface area contributed by atoms with Crippen LogP contribution >= 0.6 is 0 Å². The van der Waals surface area contributed by atoms with Gasteiger partial charge in [-0.25, -0.2) is 4.79 Å². The molecule has 0 aromatic heterocycles. The molecule has 1 aliphatic rings. The lowest BCUT2D eigenvalue weighted by Gasteiger charge is -2.39. The molecule has 0 saturated heterocycles. The summed E-state index contributed by atoms with van der Waals surface area (Å²) in [6, 6.07) is 7.51. The summed E-state index contributed by atoms with van der Waals surface area (Å²) in [6.07, 6.45) is 0. The summed E-state index contributed by atoms with van der Waals surface area (Å²) >= 11 is 0. The fourth-order valence-electron chi connectivity index (χ4n) is 2.75. The fourth-order valence-corrected chi connectivity index (χ4v) is 2.75. The molecule has 3 unspecified atom stereocenters. The summed E-state index contributed by atoms with van der Waals surface area (Å²) in [4.78, 5) is 12.0. The predicted octanol–water partition coefficient (Wildman–Crippen LogP) is 2.11. The first-order valence-corrected chi connectivity index (χ1v) is 6.59. The molecule has 2 rings (SSSR count). The second-order valence-electron chi connectivity index (χ2n) is 5.17. The number of benzene rings is 1. The Morgan fingerprint density at radius 1 is 1.53 bits per heavy atom. The summed E-state index contributed by atoms with van der Waals surface area (Å²) in [5.41, 5.74) is -0.686. The highest BCUT2D eigenvalue weighted by atomic mass is 16.5. The van der Waals surface area contributed by atoms with Gasteiger partial charge in [0.25, 0.3) is 0 Å². The lowest BCUT2D eigenvalue weighted by Crippen LogP contribution is -2.47. The van der Waals surface area contributed by atoms with Gasteiger partial charge in [-0.05, 0) is 19.9 Å². The van der Waals surface area contributed by atoms with Crippen LogP contribution in [0.25, 0.3) is 0 Å². The maximum absolute atomic E-state index is 12.0. The van der Waals surface area contributed by atoms with Gasteiger partial charge in [0.2, 0.25) is 0 Å². The van der Waals surface area contributed by atoms with E-state index in [1.807, 2.05) is 31.2 Å². The van der Waals surface area contributed by atoms with Crippen LogP contribution in [-0.2, 0) is 9.53 Å². The van der Waals surface area contributed by atoms with Crippen molar-refractivity contribution in [3.05, 3.63) is 29.8 Å². The van der Waals surface area contributed by atoms with Crippen LogP contribution in [-0.4, -0.2) is 29.9 Å². The lowest BCUT2D eigenvalue weighted by molar-refractivity contribution is -0.168. The van der Waals surface area contributed by atoms with Crippen LogP contribution < -0.4 is 4.74 Å². The molecular formula is C15H20O4. The molecule has 0 spiro atoms. The summed E-state index contributed by atoms with van der Waals surface area (Å²) in [5, 5.41) is 10.6. The zero-order valence-electron chi connectivity index (χ0n) is 11.6. The Bertz CT molecular complexity index is 467. The highest BCUT2D eigenvalue weighted by molar-refractivity contribution is 5.80. The number of para-hydroxylation sites is 1. The Morgan fingerprint density at radius 3 is 2.89 bits per heavy atom. The summed E-state index contributed by atoms with van der Waals surface area (Å²) < 4.78 is 10.6. The van der Waals surface area contributed by atoms with Crippen LogP contribution in [0.5, 0.6) is 5.75 Å². The number of carbonyl (C=O) groups excluding carboxylic acids is 1. The fraction of sp³-hybridized carbons (Fsp3) is 0.533. The van der Waals surface area contributed by atoms with Gasteiger partial charge in [0.15, 0.2) is 5.60 Å². The molecule has 19 heavy (non-hydrogen) atoms. The van der Waals surface area contributed by atoms with Gasteiger partial charge >= 0.3 is 5.97 Å². The molecular weight excluding hydrogens is 244 g/mol. The van der Waals surface area contributed by atoms with Gasteiger partial charge in [0.1, 0.15) is 5.75 Å². The largest absolute Gasteiger partial charge is 0.493 e. The third-order valence-corrected chi connectivity index (χ3v) is 3.62. The van der Waals surface area contributed by atoms with E-state index in [-0.39, 0.29) is 18.4 Å². The van der Waals surface area contributed by atoms with E-state index in [9.17, 15) is 9.90 Å². The maximum atomic E-state index is 12.0. The second-order valence-corrected chi connectivity index (χ2v) is 5.17. The number of esters is 1. The van der Waals surface area contributed by atoms with Gasteiger partial charge in [-0.3, -0.25) is 0 Å². The minimum Gasteiger partial charge on any atom is -0.493 e.